The maximum absolute atomic E-state index is 11.7. The second-order valence-corrected chi connectivity index (χ2v) is 3.76. The van der Waals surface area contributed by atoms with Gasteiger partial charge in [0.2, 0.25) is 0 Å². The quantitative estimate of drug-likeness (QED) is 0.601. The highest BCUT2D eigenvalue weighted by atomic mass is 16.4. The van der Waals surface area contributed by atoms with Crippen LogP contribution in [0, 0.1) is 0 Å². The van der Waals surface area contributed by atoms with Crippen molar-refractivity contribution in [3.8, 4) is 0 Å². The molecule has 2 N–H and O–H groups in total. The first-order chi connectivity index (χ1) is 8.00. The molecule has 0 bridgehead atoms. The summed E-state index contributed by atoms with van der Waals surface area (Å²) in [6.07, 6.45) is 1.40. The van der Waals surface area contributed by atoms with Crippen molar-refractivity contribution in [2.75, 3.05) is 0 Å². The predicted octanol–water partition coefficient (Wildman–Crippen LogP) is 1.84. The Balaban J connectivity index is 2.69. The fourth-order valence-electron chi connectivity index (χ4n) is 1.33. The number of allylic oxidation sites excluding steroid dienone is 2. The zero-order chi connectivity index (χ0) is 12.8. The number of carboxylic acids is 1. The summed E-state index contributed by atoms with van der Waals surface area (Å²) in [5.74, 6) is -1.10. The van der Waals surface area contributed by atoms with E-state index in [4.69, 9.17) is 5.11 Å². The van der Waals surface area contributed by atoms with E-state index in [1.54, 1.807) is 31.2 Å². The van der Waals surface area contributed by atoms with Crippen LogP contribution in [0.5, 0.6) is 0 Å². The van der Waals surface area contributed by atoms with Crippen molar-refractivity contribution in [2.45, 2.75) is 19.9 Å². The van der Waals surface area contributed by atoms with Crippen LogP contribution in [0.2, 0.25) is 0 Å². The Morgan fingerprint density at radius 2 is 1.88 bits per heavy atom. The van der Waals surface area contributed by atoms with Crippen LogP contribution in [0.1, 0.15) is 24.2 Å². The number of benzene rings is 1. The Kier molecular flexibility index (Phi) is 4.46. The Morgan fingerprint density at radius 1 is 1.29 bits per heavy atom. The lowest BCUT2D eigenvalue weighted by atomic mass is 10.1. The number of hydrogen-bond acceptors (Lipinski definition) is 3. The minimum atomic E-state index is -0.954. The molecule has 0 aliphatic carbocycles. The molecule has 0 saturated carbocycles. The lowest BCUT2D eigenvalue weighted by molar-refractivity contribution is -0.138. The fraction of sp³-hybridized carbons (Fsp3) is 0.231. The number of ketones is 1. The summed E-state index contributed by atoms with van der Waals surface area (Å²) in [5.41, 5.74) is 1.12. The molecule has 1 atom stereocenters. The van der Waals surface area contributed by atoms with E-state index in [0.717, 1.165) is 0 Å². The number of carbonyl (C=O) groups is 2. The molecular weight excluding hydrogens is 218 g/mol. The molecule has 0 radical (unpaired) electrons. The average Bonchev–Trinajstić information content (AvgIpc) is 2.29. The largest absolute Gasteiger partial charge is 0.480 e. The minimum Gasteiger partial charge on any atom is -0.480 e. The van der Waals surface area contributed by atoms with Crippen LogP contribution in [0.4, 0.5) is 0 Å². The van der Waals surface area contributed by atoms with E-state index in [2.05, 4.69) is 5.32 Å². The first-order valence-electron chi connectivity index (χ1n) is 5.27. The molecule has 1 aromatic rings. The van der Waals surface area contributed by atoms with Gasteiger partial charge >= 0.3 is 5.97 Å². The maximum Gasteiger partial charge on any atom is 0.325 e. The molecule has 0 aromatic heterocycles. The van der Waals surface area contributed by atoms with Crippen LogP contribution >= 0.6 is 0 Å². The van der Waals surface area contributed by atoms with Crippen molar-refractivity contribution in [3.05, 3.63) is 47.7 Å². The molecule has 0 aliphatic heterocycles. The van der Waals surface area contributed by atoms with Crippen LogP contribution < -0.4 is 5.32 Å². The summed E-state index contributed by atoms with van der Waals surface area (Å²) >= 11 is 0. The molecule has 90 valence electrons. The van der Waals surface area contributed by atoms with Crippen molar-refractivity contribution < 1.29 is 14.7 Å². The van der Waals surface area contributed by atoms with Gasteiger partial charge in [0.05, 0.1) is 0 Å². The summed E-state index contributed by atoms with van der Waals surface area (Å²) in [7, 11) is 0. The Labute approximate surface area is 100.0 Å². The molecule has 17 heavy (non-hydrogen) atoms. The van der Waals surface area contributed by atoms with Crippen molar-refractivity contribution in [3.63, 3.8) is 0 Å². The number of carboxylic acid groups (broad SMARTS) is 1. The van der Waals surface area contributed by atoms with Gasteiger partial charge in [-0.2, -0.15) is 0 Å². The molecule has 0 amide bonds. The fourth-order valence-corrected chi connectivity index (χ4v) is 1.33. The Hall–Kier alpha value is -2.10. The smallest absolute Gasteiger partial charge is 0.325 e. The van der Waals surface area contributed by atoms with Gasteiger partial charge in [-0.15, -0.1) is 0 Å². The monoisotopic (exact) mass is 233 g/mol. The van der Waals surface area contributed by atoms with E-state index in [-0.39, 0.29) is 5.78 Å². The highest BCUT2D eigenvalue weighted by Gasteiger charge is 2.10. The summed E-state index contributed by atoms with van der Waals surface area (Å²) in [6.45, 7) is 3.19. The first kappa shape index (κ1) is 13.0. The molecule has 0 spiro atoms. The summed E-state index contributed by atoms with van der Waals surface area (Å²) in [5, 5.41) is 11.4. The molecule has 1 rings (SSSR count). The molecule has 0 heterocycles. The van der Waals surface area contributed by atoms with E-state index in [0.29, 0.717) is 11.3 Å². The number of nitrogens with one attached hydrogen (secondary N) is 1. The minimum absolute atomic E-state index is 0.145. The van der Waals surface area contributed by atoms with Gasteiger partial charge in [0, 0.05) is 17.3 Å². The lowest BCUT2D eigenvalue weighted by Gasteiger charge is -2.10. The van der Waals surface area contributed by atoms with Crippen molar-refractivity contribution in [1.29, 1.82) is 0 Å². The molecule has 4 nitrogen and oxygen atoms in total. The first-order valence-corrected chi connectivity index (χ1v) is 5.27. The Bertz CT molecular complexity index is 437. The van der Waals surface area contributed by atoms with Crippen molar-refractivity contribution >= 4 is 11.8 Å². The second kappa shape index (κ2) is 5.84. The second-order valence-electron chi connectivity index (χ2n) is 3.76. The SMILES string of the molecule is CC(=CC(=O)c1ccccc1)NC(C)C(=O)O. The predicted molar refractivity (Wildman–Crippen MR) is 64.8 cm³/mol. The van der Waals surface area contributed by atoms with E-state index >= 15 is 0 Å². The summed E-state index contributed by atoms with van der Waals surface area (Å²) in [6, 6.07) is 8.11. The van der Waals surface area contributed by atoms with Crippen LogP contribution in [-0.2, 0) is 4.79 Å². The topological polar surface area (TPSA) is 66.4 Å². The van der Waals surface area contributed by atoms with Crippen molar-refractivity contribution in [2.24, 2.45) is 0 Å². The summed E-state index contributed by atoms with van der Waals surface area (Å²) < 4.78 is 0. The standard InChI is InChI=1S/C13H15NO3/c1-9(14-10(2)13(16)17)8-12(15)11-6-4-3-5-7-11/h3-8,10,14H,1-2H3,(H,16,17). The van der Waals surface area contributed by atoms with Crippen LogP contribution in [-0.4, -0.2) is 22.9 Å². The maximum atomic E-state index is 11.7. The zero-order valence-electron chi connectivity index (χ0n) is 9.81. The van der Waals surface area contributed by atoms with Gasteiger partial charge in [0.15, 0.2) is 5.78 Å². The van der Waals surface area contributed by atoms with Gasteiger partial charge < -0.3 is 10.4 Å². The van der Waals surface area contributed by atoms with Gasteiger partial charge in [0.1, 0.15) is 6.04 Å². The van der Waals surface area contributed by atoms with E-state index in [9.17, 15) is 9.59 Å². The lowest BCUT2D eigenvalue weighted by Crippen LogP contribution is -2.32. The number of aliphatic carboxylic acids is 1. The number of hydrogen-bond donors (Lipinski definition) is 2. The highest BCUT2D eigenvalue weighted by molar-refractivity contribution is 6.04. The molecule has 0 fully saturated rings. The van der Waals surface area contributed by atoms with Crippen molar-refractivity contribution in [1.82, 2.24) is 5.32 Å². The van der Waals surface area contributed by atoms with E-state index in [1.165, 1.54) is 13.0 Å². The molecule has 1 aromatic carbocycles. The third kappa shape index (κ3) is 4.10. The average molecular weight is 233 g/mol. The number of carbonyl (C=O) groups excluding carboxylic acids is 1. The van der Waals surface area contributed by atoms with Gasteiger partial charge in [-0.1, -0.05) is 30.3 Å². The third-order valence-electron chi connectivity index (χ3n) is 2.22. The number of rotatable bonds is 5. The van der Waals surface area contributed by atoms with E-state index in [1.807, 2.05) is 6.07 Å². The van der Waals surface area contributed by atoms with Gasteiger partial charge in [-0.05, 0) is 13.8 Å². The van der Waals surface area contributed by atoms with Gasteiger partial charge in [0.25, 0.3) is 0 Å². The summed E-state index contributed by atoms with van der Waals surface area (Å²) in [4.78, 5) is 22.4. The van der Waals surface area contributed by atoms with Crippen LogP contribution in [0.3, 0.4) is 0 Å². The normalized spacial score (nSPS) is 12.9. The zero-order valence-corrected chi connectivity index (χ0v) is 9.81. The molecule has 0 aliphatic rings. The highest BCUT2D eigenvalue weighted by Crippen LogP contribution is 2.03. The van der Waals surface area contributed by atoms with Crippen LogP contribution in [0.25, 0.3) is 0 Å². The van der Waals surface area contributed by atoms with E-state index < -0.39 is 12.0 Å². The molecular formula is C13H15NO3. The third-order valence-corrected chi connectivity index (χ3v) is 2.22. The van der Waals surface area contributed by atoms with Gasteiger partial charge in [-0.3, -0.25) is 9.59 Å². The molecule has 0 saturated heterocycles. The molecule has 1 unspecified atom stereocenters. The van der Waals surface area contributed by atoms with Crippen LogP contribution in [0.15, 0.2) is 42.1 Å². The Morgan fingerprint density at radius 3 is 2.41 bits per heavy atom. The molecule has 4 heteroatoms. The van der Waals surface area contributed by atoms with Gasteiger partial charge in [-0.25, -0.2) is 0 Å².